The Balaban J connectivity index is 3.87. The van der Waals surface area contributed by atoms with Crippen LogP contribution in [0.15, 0.2) is 12.2 Å². The molecule has 0 spiro atoms. The lowest BCUT2D eigenvalue weighted by Gasteiger charge is -2.30. The third-order valence-electron chi connectivity index (χ3n) is 1.78. The fraction of sp³-hybridized carbons (Fsp3) is 0.667. The zero-order chi connectivity index (χ0) is 9.78. The fourth-order valence-corrected chi connectivity index (χ4v) is 0.585. The van der Waals surface area contributed by atoms with Crippen LogP contribution >= 0.6 is 0 Å². The maximum atomic E-state index is 10.1. The van der Waals surface area contributed by atoms with E-state index in [1.54, 1.807) is 6.08 Å². The summed E-state index contributed by atoms with van der Waals surface area (Å²) in [5.74, 6) is -0.891. The van der Waals surface area contributed by atoms with Crippen LogP contribution in [-0.2, 0) is 4.79 Å². The van der Waals surface area contributed by atoms with Crippen molar-refractivity contribution in [3.63, 3.8) is 0 Å². The second-order valence-electron chi connectivity index (χ2n) is 3.79. The molecule has 1 N–H and O–H groups in total. The molecule has 70 valence electrons. The number of carboxylic acids is 1. The number of carbonyl (C=O) groups is 1. The summed E-state index contributed by atoms with van der Waals surface area (Å²) < 4.78 is 0. The summed E-state index contributed by atoms with van der Waals surface area (Å²) in [7, 11) is 1.96. The van der Waals surface area contributed by atoms with Gasteiger partial charge in [0.1, 0.15) is 0 Å². The van der Waals surface area contributed by atoms with E-state index in [1.165, 1.54) is 6.08 Å². The predicted molar refractivity (Wildman–Crippen MR) is 49.2 cm³/mol. The van der Waals surface area contributed by atoms with Crippen molar-refractivity contribution < 1.29 is 9.90 Å². The summed E-state index contributed by atoms with van der Waals surface area (Å²) in [6.07, 6.45) is 2.82. The summed E-state index contributed by atoms with van der Waals surface area (Å²) in [5, 5.41) is 8.32. The van der Waals surface area contributed by atoms with Crippen molar-refractivity contribution >= 4 is 5.97 Å². The molecule has 3 heteroatoms. The number of rotatable bonds is 3. The Labute approximate surface area is 73.7 Å². The lowest BCUT2D eigenvalue weighted by atomic mass is 10.1. The third-order valence-corrected chi connectivity index (χ3v) is 1.78. The maximum absolute atomic E-state index is 10.1. The van der Waals surface area contributed by atoms with Crippen LogP contribution in [-0.4, -0.2) is 35.1 Å². The zero-order valence-electron chi connectivity index (χ0n) is 8.16. The average Bonchev–Trinajstić information content (AvgIpc) is 1.84. The first-order valence-corrected chi connectivity index (χ1v) is 3.95. The van der Waals surface area contributed by atoms with Gasteiger partial charge in [-0.1, -0.05) is 6.08 Å². The summed E-state index contributed by atoms with van der Waals surface area (Å²) >= 11 is 0. The molecule has 0 rings (SSSR count). The van der Waals surface area contributed by atoms with Gasteiger partial charge in [0.15, 0.2) is 0 Å². The second-order valence-corrected chi connectivity index (χ2v) is 3.79. The maximum Gasteiger partial charge on any atom is 0.328 e. The molecule has 0 unspecified atom stereocenters. The molecule has 0 bridgehead atoms. The molecule has 0 aromatic heterocycles. The van der Waals surface area contributed by atoms with Crippen molar-refractivity contribution in [2.75, 3.05) is 13.6 Å². The van der Waals surface area contributed by atoms with Gasteiger partial charge >= 0.3 is 5.97 Å². The highest BCUT2D eigenvalue weighted by atomic mass is 16.4. The summed E-state index contributed by atoms with van der Waals surface area (Å²) in [4.78, 5) is 12.2. The molecule has 0 aromatic rings. The van der Waals surface area contributed by atoms with Crippen LogP contribution in [0, 0.1) is 0 Å². The number of nitrogens with zero attached hydrogens (tertiary/aromatic N) is 1. The number of hydrogen-bond acceptors (Lipinski definition) is 2. The molecule has 0 fully saturated rings. The van der Waals surface area contributed by atoms with E-state index in [0.717, 1.165) is 0 Å². The van der Waals surface area contributed by atoms with E-state index in [2.05, 4.69) is 25.7 Å². The number of carboxylic acid groups (broad SMARTS) is 1. The molecule has 0 aromatic carbocycles. The first-order valence-electron chi connectivity index (χ1n) is 3.95. The Kier molecular flexibility index (Phi) is 3.96. The Morgan fingerprint density at radius 2 is 2.00 bits per heavy atom. The van der Waals surface area contributed by atoms with Crippen molar-refractivity contribution in [2.45, 2.75) is 26.3 Å². The lowest BCUT2D eigenvalue weighted by molar-refractivity contribution is -0.131. The van der Waals surface area contributed by atoms with E-state index in [1.807, 2.05) is 7.05 Å². The van der Waals surface area contributed by atoms with E-state index in [0.29, 0.717) is 6.54 Å². The molecule has 0 heterocycles. The molecule has 3 nitrogen and oxygen atoms in total. The fourth-order valence-electron chi connectivity index (χ4n) is 0.585. The SMILES string of the molecule is CN(C/C=C/C(=O)O)C(C)(C)C. The van der Waals surface area contributed by atoms with Crippen LogP contribution in [0.3, 0.4) is 0 Å². The minimum atomic E-state index is -0.891. The van der Waals surface area contributed by atoms with Crippen LogP contribution in [0.25, 0.3) is 0 Å². The summed E-state index contributed by atoms with van der Waals surface area (Å²) in [6, 6.07) is 0. The highest BCUT2D eigenvalue weighted by Gasteiger charge is 2.14. The highest BCUT2D eigenvalue weighted by Crippen LogP contribution is 2.09. The molecule has 0 aliphatic heterocycles. The van der Waals surface area contributed by atoms with Gasteiger partial charge in [0.25, 0.3) is 0 Å². The molecule has 0 radical (unpaired) electrons. The Hall–Kier alpha value is -0.830. The van der Waals surface area contributed by atoms with Crippen LogP contribution in [0.5, 0.6) is 0 Å². The Bertz CT molecular complexity index is 179. The number of hydrogen-bond donors (Lipinski definition) is 1. The van der Waals surface area contributed by atoms with Gasteiger partial charge in [-0.3, -0.25) is 4.90 Å². The normalized spacial score (nSPS) is 12.8. The van der Waals surface area contributed by atoms with Gasteiger partial charge in [0, 0.05) is 18.2 Å². The topological polar surface area (TPSA) is 40.5 Å². The van der Waals surface area contributed by atoms with Gasteiger partial charge in [-0.25, -0.2) is 4.79 Å². The molecule has 0 saturated carbocycles. The van der Waals surface area contributed by atoms with E-state index < -0.39 is 5.97 Å². The first-order chi connectivity index (χ1) is 5.34. The molecule has 0 aliphatic carbocycles. The van der Waals surface area contributed by atoms with E-state index in [4.69, 9.17) is 5.11 Å². The minimum Gasteiger partial charge on any atom is -0.478 e. The van der Waals surface area contributed by atoms with Crippen molar-refractivity contribution in [1.29, 1.82) is 0 Å². The summed E-state index contributed by atoms with van der Waals surface area (Å²) in [5.41, 5.74) is 0.0862. The third kappa shape index (κ3) is 4.91. The monoisotopic (exact) mass is 171 g/mol. The average molecular weight is 171 g/mol. The Morgan fingerprint density at radius 1 is 1.50 bits per heavy atom. The molecular formula is C9H17NO2. The van der Waals surface area contributed by atoms with Crippen LogP contribution < -0.4 is 0 Å². The highest BCUT2D eigenvalue weighted by molar-refractivity contribution is 5.79. The molecule has 0 aliphatic rings. The second kappa shape index (κ2) is 4.26. The van der Waals surface area contributed by atoms with Crippen molar-refractivity contribution in [2.24, 2.45) is 0 Å². The van der Waals surface area contributed by atoms with Gasteiger partial charge < -0.3 is 5.11 Å². The van der Waals surface area contributed by atoms with Crippen molar-refractivity contribution in [3.8, 4) is 0 Å². The van der Waals surface area contributed by atoms with Crippen molar-refractivity contribution in [1.82, 2.24) is 4.90 Å². The van der Waals surface area contributed by atoms with E-state index in [9.17, 15) is 4.79 Å². The zero-order valence-corrected chi connectivity index (χ0v) is 8.16. The van der Waals surface area contributed by atoms with Crippen molar-refractivity contribution in [3.05, 3.63) is 12.2 Å². The van der Waals surface area contributed by atoms with Gasteiger partial charge in [-0.15, -0.1) is 0 Å². The standard InChI is InChI=1S/C9H17NO2/c1-9(2,3)10(4)7-5-6-8(11)12/h5-6H,7H2,1-4H3,(H,11,12)/b6-5+. The van der Waals surface area contributed by atoms with E-state index in [-0.39, 0.29) is 5.54 Å². The minimum absolute atomic E-state index is 0.0862. The van der Waals surface area contributed by atoms with Gasteiger partial charge in [-0.2, -0.15) is 0 Å². The van der Waals surface area contributed by atoms with Gasteiger partial charge in [-0.05, 0) is 27.8 Å². The molecule has 12 heavy (non-hydrogen) atoms. The van der Waals surface area contributed by atoms with Gasteiger partial charge in [0.2, 0.25) is 0 Å². The van der Waals surface area contributed by atoms with Crippen LogP contribution in [0.4, 0.5) is 0 Å². The first kappa shape index (κ1) is 11.2. The summed E-state index contributed by atoms with van der Waals surface area (Å²) in [6.45, 7) is 6.92. The lowest BCUT2D eigenvalue weighted by Crippen LogP contribution is -2.38. The Morgan fingerprint density at radius 3 is 2.33 bits per heavy atom. The largest absolute Gasteiger partial charge is 0.478 e. The van der Waals surface area contributed by atoms with Gasteiger partial charge in [0.05, 0.1) is 0 Å². The number of likely N-dealkylation sites (N-methyl/N-ethyl adjacent to an activating group) is 1. The quantitative estimate of drug-likeness (QED) is 0.652. The molecular weight excluding hydrogens is 154 g/mol. The predicted octanol–water partition coefficient (Wildman–Crippen LogP) is 1.36. The molecule has 0 atom stereocenters. The van der Waals surface area contributed by atoms with E-state index >= 15 is 0 Å². The smallest absolute Gasteiger partial charge is 0.328 e. The van der Waals surface area contributed by atoms with Crippen LogP contribution in [0.1, 0.15) is 20.8 Å². The van der Waals surface area contributed by atoms with Crippen LogP contribution in [0.2, 0.25) is 0 Å². The number of aliphatic carboxylic acids is 1. The molecule has 0 amide bonds. The molecule has 0 saturated heterocycles.